The number of hydrogen-bond donors (Lipinski definition) is 0. The number of carbonyl (C=O) groups is 1. The Morgan fingerprint density at radius 1 is 1.07 bits per heavy atom. The standard InChI is InChI=1S/C22H18N4O/c23-13-18-15-26(12-11-16-7-3-1-4-8-16)22-19(20(18)27)14-24-21(25-22)17-9-5-2-6-10-17/h1-10,14,18H,11-12,15H2. The van der Waals surface area contributed by atoms with Crippen LogP contribution in [-0.2, 0) is 6.42 Å². The van der Waals surface area contributed by atoms with Crippen molar-refractivity contribution in [3.8, 4) is 17.5 Å². The lowest BCUT2D eigenvalue weighted by Crippen LogP contribution is -2.40. The van der Waals surface area contributed by atoms with E-state index >= 15 is 0 Å². The Kier molecular flexibility index (Phi) is 4.63. The Bertz CT molecular complexity index is 996. The molecule has 0 saturated heterocycles. The lowest BCUT2D eigenvalue weighted by Gasteiger charge is -2.31. The lowest BCUT2D eigenvalue weighted by atomic mass is 9.94. The van der Waals surface area contributed by atoms with Gasteiger partial charge in [-0.15, -0.1) is 0 Å². The van der Waals surface area contributed by atoms with E-state index in [0.717, 1.165) is 12.0 Å². The molecule has 0 radical (unpaired) electrons. The molecule has 0 spiro atoms. The smallest absolute Gasteiger partial charge is 0.187 e. The van der Waals surface area contributed by atoms with E-state index in [9.17, 15) is 10.1 Å². The summed E-state index contributed by atoms with van der Waals surface area (Å²) in [7, 11) is 0. The number of rotatable bonds is 4. The van der Waals surface area contributed by atoms with Gasteiger partial charge < -0.3 is 4.90 Å². The molecule has 0 saturated carbocycles. The van der Waals surface area contributed by atoms with Crippen molar-refractivity contribution in [2.75, 3.05) is 18.0 Å². The number of benzene rings is 2. The Morgan fingerprint density at radius 2 is 1.78 bits per heavy atom. The van der Waals surface area contributed by atoms with Crippen molar-refractivity contribution in [2.45, 2.75) is 6.42 Å². The fourth-order valence-electron chi connectivity index (χ4n) is 3.30. The van der Waals surface area contributed by atoms with E-state index in [2.05, 4.69) is 28.2 Å². The molecule has 0 amide bonds. The highest BCUT2D eigenvalue weighted by Crippen LogP contribution is 2.29. The summed E-state index contributed by atoms with van der Waals surface area (Å²) >= 11 is 0. The van der Waals surface area contributed by atoms with E-state index in [1.165, 1.54) is 5.56 Å². The zero-order chi connectivity index (χ0) is 18.6. The van der Waals surface area contributed by atoms with Crippen molar-refractivity contribution in [3.05, 3.63) is 78.0 Å². The molecule has 0 fully saturated rings. The van der Waals surface area contributed by atoms with Gasteiger partial charge in [0.15, 0.2) is 11.6 Å². The second kappa shape index (κ2) is 7.38. The largest absolute Gasteiger partial charge is 0.354 e. The van der Waals surface area contributed by atoms with Gasteiger partial charge in [-0.1, -0.05) is 60.7 Å². The molecule has 4 rings (SSSR count). The molecule has 2 heterocycles. The van der Waals surface area contributed by atoms with Crippen LogP contribution >= 0.6 is 0 Å². The van der Waals surface area contributed by atoms with E-state index in [4.69, 9.17) is 0 Å². The van der Waals surface area contributed by atoms with E-state index in [-0.39, 0.29) is 5.78 Å². The Hall–Kier alpha value is -3.52. The van der Waals surface area contributed by atoms with Gasteiger partial charge in [-0.2, -0.15) is 5.26 Å². The first-order valence-corrected chi connectivity index (χ1v) is 8.91. The molecule has 0 N–H and O–H groups in total. The summed E-state index contributed by atoms with van der Waals surface area (Å²) in [5, 5.41) is 9.38. The van der Waals surface area contributed by atoms with Gasteiger partial charge in [0.1, 0.15) is 11.7 Å². The van der Waals surface area contributed by atoms with Crippen LogP contribution in [0.1, 0.15) is 15.9 Å². The van der Waals surface area contributed by atoms with Crippen molar-refractivity contribution < 1.29 is 4.79 Å². The van der Waals surface area contributed by atoms with Crippen LogP contribution in [0, 0.1) is 17.2 Å². The third-order valence-electron chi connectivity index (χ3n) is 4.75. The van der Waals surface area contributed by atoms with Gasteiger partial charge >= 0.3 is 0 Å². The second-order valence-electron chi connectivity index (χ2n) is 6.52. The number of ketones is 1. The minimum atomic E-state index is -0.681. The van der Waals surface area contributed by atoms with Gasteiger partial charge in [0.25, 0.3) is 0 Å². The maximum atomic E-state index is 12.6. The molecule has 5 nitrogen and oxygen atoms in total. The monoisotopic (exact) mass is 354 g/mol. The second-order valence-corrected chi connectivity index (χ2v) is 6.52. The third kappa shape index (κ3) is 3.42. The van der Waals surface area contributed by atoms with Crippen molar-refractivity contribution in [3.63, 3.8) is 0 Å². The summed E-state index contributed by atoms with van der Waals surface area (Å²) in [5.41, 5.74) is 2.54. The predicted octanol–water partition coefficient (Wildman–Crippen LogP) is 3.53. The molecular weight excluding hydrogens is 336 g/mol. The molecule has 2 aromatic carbocycles. The van der Waals surface area contributed by atoms with Crippen LogP contribution in [0.3, 0.4) is 0 Å². The summed E-state index contributed by atoms with van der Waals surface area (Å²) < 4.78 is 0. The molecule has 132 valence electrons. The van der Waals surface area contributed by atoms with Crippen LogP contribution in [0.2, 0.25) is 0 Å². The molecule has 0 bridgehead atoms. The number of Topliss-reactive ketones (excluding diaryl/α,β-unsaturated/α-hetero) is 1. The van der Waals surface area contributed by atoms with Crippen LogP contribution in [0.5, 0.6) is 0 Å². The summed E-state index contributed by atoms with van der Waals surface area (Å²) in [6, 6.07) is 22.0. The predicted molar refractivity (Wildman–Crippen MR) is 103 cm³/mol. The first-order valence-electron chi connectivity index (χ1n) is 8.91. The van der Waals surface area contributed by atoms with Gasteiger partial charge in [0, 0.05) is 24.8 Å². The summed E-state index contributed by atoms with van der Waals surface area (Å²) in [6.07, 6.45) is 2.38. The van der Waals surface area contributed by atoms with Crippen LogP contribution < -0.4 is 4.90 Å². The highest BCUT2D eigenvalue weighted by atomic mass is 16.1. The number of nitriles is 1. The van der Waals surface area contributed by atoms with Gasteiger partial charge in [0.05, 0.1) is 11.6 Å². The SMILES string of the molecule is N#CC1CN(CCc2ccccc2)c2nc(-c3ccccc3)ncc2C1=O. The number of fused-ring (bicyclic) bond motifs is 1. The van der Waals surface area contributed by atoms with Gasteiger partial charge in [-0.3, -0.25) is 4.79 Å². The van der Waals surface area contributed by atoms with Gasteiger partial charge in [-0.05, 0) is 12.0 Å². The number of aromatic nitrogens is 2. The Morgan fingerprint density at radius 3 is 2.48 bits per heavy atom. The van der Waals surface area contributed by atoms with Gasteiger partial charge in [0.2, 0.25) is 0 Å². The van der Waals surface area contributed by atoms with E-state index in [0.29, 0.717) is 30.3 Å². The molecule has 1 atom stereocenters. The van der Waals surface area contributed by atoms with Crippen LogP contribution in [-0.4, -0.2) is 28.8 Å². The van der Waals surface area contributed by atoms with E-state index in [1.54, 1.807) is 6.20 Å². The highest BCUT2D eigenvalue weighted by Gasteiger charge is 2.33. The first-order chi connectivity index (χ1) is 13.3. The Labute approximate surface area is 157 Å². The molecule has 1 aliphatic heterocycles. The third-order valence-corrected chi connectivity index (χ3v) is 4.75. The number of anilines is 1. The van der Waals surface area contributed by atoms with Crippen LogP contribution in [0.15, 0.2) is 66.9 Å². The molecule has 1 unspecified atom stereocenters. The van der Waals surface area contributed by atoms with Crippen LogP contribution in [0.4, 0.5) is 5.82 Å². The minimum absolute atomic E-state index is 0.192. The zero-order valence-corrected chi connectivity index (χ0v) is 14.7. The minimum Gasteiger partial charge on any atom is -0.354 e. The zero-order valence-electron chi connectivity index (χ0n) is 14.7. The highest BCUT2D eigenvalue weighted by molar-refractivity contribution is 6.05. The average molecular weight is 354 g/mol. The number of hydrogen-bond acceptors (Lipinski definition) is 5. The van der Waals surface area contributed by atoms with E-state index in [1.807, 2.05) is 53.4 Å². The molecule has 27 heavy (non-hydrogen) atoms. The first kappa shape index (κ1) is 16.9. The quantitative estimate of drug-likeness (QED) is 0.717. The van der Waals surface area contributed by atoms with Crippen molar-refractivity contribution in [2.24, 2.45) is 5.92 Å². The molecule has 1 aliphatic rings. The normalized spacial score (nSPS) is 15.9. The maximum Gasteiger partial charge on any atom is 0.187 e. The topological polar surface area (TPSA) is 69.9 Å². The van der Waals surface area contributed by atoms with Crippen LogP contribution in [0.25, 0.3) is 11.4 Å². The average Bonchev–Trinajstić information content (AvgIpc) is 2.74. The van der Waals surface area contributed by atoms with E-state index < -0.39 is 5.92 Å². The fourth-order valence-corrected chi connectivity index (χ4v) is 3.30. The number of nitrogens with zero attached hydrogens (tertiary/aromatic N) is 4. The molecule has 3 aromatic rings. The van der Waals surface area contributed by atoms with Gasteiger partial charge in [-0.25, -0.2) is 9.97 Å². The summed E-state index contributed by atoms with van der Waals surface area (Å²) in [6.45, 7) is 1.05. The molecular formula is C22H18N4O. The molecule has 1 aromatic heterocycles. The summed E-state index contributed by atoms with van der Waals surface area (Å²) in [4.78, 5) is 23.7. The number of carbonyl (C=O) groups excluding carboxylic acids is 1. The fraction of sp³-hybridized carbons (Fsp3) is 0.182. The van der Waals surface area contributed by atoms with Crippen molar-refractivity contribution >= 4 is 11.6 Å². The van der Waals surface area contributed by atoms with Crippen molar-refractivity contribution in [1.29, 1.82) is 5.26 Å². The molecule has 5 heteroatoms. The Balaban J connectivity index is 1.69. The molecule has 0 aliphatic carbocycles. The summed E-state index contributed by atoms with van der Waals surface area (Å²) in [5.74, 6) is 0.334. The maximum absolute atomic E-state index is 12.6. The lowest BCUT2D eigenvalue weighted by molar-refractivity contribution is 0.0944. The van der Waals surface area contributed by atoms with Crippen molar-refractivity contribution in [1.82, 2.24) is 9.97 Å².